The molecular formula is C28H39ClN4O4. The number of hydrogen-bond acceptors (Lipinski definition) is 6. The fraction of sp³-hybridized carbons (Fsp3) is 0.464. The molecule has 37 heavy (non-hydrogen) atoms. The zero-order chi connectivity index (χ0) is 27.2. The van der Waals surface area contributed by atoms with E-state index in [4.69, 9.17) is 25.8 Å². The number of hydrogen-bond donors (Lipinski definition) is 0. The van der Waals surface area contributed by atoms with E-state index >= 15 is 0 Å². The molecule has 3 heterocycles. The Morgan fingerprint density at radius 3 is 2.46 bits per heavy atom. The molecule has 0 aliphatic carbocycles. The van der Waals surface area contributed by atoms with Gasteiger partial charge in [-0.25, -0.2) is 4.79 Å². The topological polar surface area (TPSA) is 78.7 Å². The zero-order valence-electron chi connectivity index (χ0n) is 22.5. The normalized spacial score (nSPS) is 18.3. The first-order valence-electron chi connectivity index (χ1n) is 12.7. The molecule has 0 radical (unpaired) electrons. The molecule has 2 aliphatic heterocycles. The molecule has 1 aromatic heterocycles. The molecule has 0 N–H and O–H groups in total. The van der Waals surface area contributed by atoms with Crippen LogP contribution in [-0.2, 0) is 20.8 Å². The Hall–Kier alpha value is -3.10. The van der Waals surface area contributed by atoms with Gasteiger partial charge < -0.3 is 14.2 Å². The van der Waals surface area contributed by atoms with Crippen LogP contribution in [0.2, 0.25) is 5.02 Å². The first kappa shape index (κ1) is 30.1. The highest BCUT2D eigenvalue weighted by atomic mass is 35.5. The van der Waals surface area contributed by atoms with Crippen molar-refractivity contribution in [2.75, 3.05) is 31.8 Å². The minimum Gasteiger partial charge on any atom is -0.497 e. The first-order valence-corrected chi connectivity index (χ1v) is 13.0. The summed E-state index contributed by atoms with van der Waals surface area (Å²) in [6, 6.07) is 6.80. The van der Waals surface area contributed by atoms with Gasteiger partial charge in [0.05, 0.1) is 18.8 Å². The van der Waals surface area contributed by atoms with Gasteiger partial charge in [-0.2, -0.15) is 0 Å². The van der Waals surface area contributed by atoms with Crippen LogP contribution in [0.4, 0.5) is 10.5 Å². The lowest BCUT2D eigenvalue weighted by Crippen LogP contribution is -2.34. The molecule has 2 saturated heterocycles. The van der Waals surface area contributed by atoms with Crippen LogP contribution in [0.25, 0.3) is 0 Å². The molecule has 0 bridgehead atoms. The highest BCUT2D eigenvalue weighted by molar-refractivity contribution is 6.30. The molecule has 2 fully saturated rings. The van der Waals surface area contributed by atoms with E-state index < -0.39 is 0 Å². The van der Waals surface area contributed by atoms with Gasteiger partial charge >= 0.3 is 6.09 Å². The Balaban J connectivity index is 0.000000272. The fourth-order valence-electron chi connectivity index (χ4n) is 3.95. The second-order valence-electron chi connectivity index (χ2n) is 8.32. The van der Waals surface area contributed by atoms with Crippen LogP contribution < -0.4 is 4.90 Å². The number of rotatable bonds is 7. The summed E-state index contributed by atoms with van der Waals surface area (Å²) >= 11 is 5.90. The van der Waals surface area contributed by atoms with Gasteiger partial charge in [0, 0.05) is 36.7 Å². The van der Waals surface area contributed by atoms with Gasteiger partial charge in [0.15, 0.2) is 0 Å². The summed E-state index contributed by atoms with van der Waals surface area (Å²) in [5.74, 6) is 1.42. The number of amides is 1. The monoisotopic (exact) mass is 530 g/mol. The van der Waals surface area contributed by atoms with Gasteiger partial charge in [-0.05, 0) is 74.6 Å². The number of carbonyl (C=O) groups excluding carboxylic acids is 1. The Morgan fingerprint density at radius 2 is 1.92 bits per heavy atom. The van der Waals surface area contributed by atoms with Gasteiger partial charge in [0.2, 0.25) is 0 Å². The highest BCUT2D eigenvalue weighted by Crippen LogP contribution is 2.29. The van der Waals surface area contributed by atoms with Crippen LogP contribution in [-0.4, -0.2) is 54.1 Å². The minimum atomic E-state index is -0.389. The predicted molar refractivity (Wildman–Crippen MR) is 148 cm³/mol. The van der Waals surface area contributed by atoms with Crippen LogP contribution in [0.5, 0.6) is 0 Å². The molecule has 1 unspecified atom stereocenters. The van der Waals surface area contributed by atoms with Gasteiger partial charge in [0.1, 0.15) is 12.4 Å². The summed E-state index contributed by atoms with van der Waals surface area (Å²) in [6.45, 7) is 14.7. The molecule has 1 aromatic carbocycles. The van der Waals surface area contributed by atoms with E-state index in [1.807, 2.05) is 50.7 Å². The lowest BCUT2D eigenvalue weighted by Gasteiger charge is -2.22. The lowest BCUT2D eigenvalue weighted by atomic mass is 10.0. The number of ether oxygens (including phenoxy) is 3. The number of allylic oxidation sites excluding steroid dienone is 2. The van der Waals surface area contributed by atoms with Crippen LogP contribution >= 0.6 is 11.6 Å². The van der Waals surface area contributed by atoms with E-state index in [1.165, 1.54) is 0 Å². The number of halogens is 1. The molecule has 1 atom stereocenters. The Morgan fingerprint density at radius 1 is 1.24 bits per heavy atom. The van der Waals surface area contributed by atoms with E-state index in [0.29, 0.717) is 10.8 Å². The van der Waals surface area contributed by atoms with E-state index in [-0.39, 0.29) is 18.7 Å². The number of aryl methyl sites for hydroxylation is 1. The molecule has 2 aromatic rings. The van der Waals surface area contributed by atoms with Gasteiger partial charge in [-0.1, -0.05) is 43.3 Å². The van der Waals surface area contributed by atoms with Crippen molar-refractivity contribution in [3.05, 3.63) is 77.3 Å². The van der Waals surface area contributed by atoms with Crippen molar-refractivity contribution in [1.82, 2.24) is 15.0 Å². The smallest absolute Gasteiger partial charge is 0.415 e. The SMILES string of the molecule is C=C/C(=C\C(=C/C)OC)C1COC(=O)N1c1ccc(Cl)cc1.CC.Cc1cn(CC2CCOCC2)nn1. The second-order valence-corrected chi connectivity index (χ2v) is 8.76. The zero-order valence-corrected chi connectivity index (χ0v) is 23.3. The lowest BCUT2D eigenvalue weighted by molar-refractivity contribution is 0.0600. The molecule has 9 heteroatoms. The fourth-order valence-corrected chi connectivity index (χ4v) is 4.07. The van der Waals surface area contributed by atoms with E-state index in [9.17, 15) is 4.79 Å². The van der Waals surface area contributed by atoms with Crippen LogP contribution in [0.3, 0.4) is 0 Å². The molecule has 0 saturated carbocycles. The molecule has 1 amide bonds. The van der Waals surface area contributed by atoms with E-state index in [1.54, 1.807) is 42.4 Å². The number of cyclic esters (lactones) is 1. The average Bonchev–Trinajstić information content (AvgIpc) is 3.52. The quantitative estimate of drug-likeness (QED) is 0.306. The maximum atomic E-state index is 12.1. The summed E-state index contributed by atoms with van der Waals surface area (Å²) in [7, 11) is 1.60. The standard InChI is InChI=1S/C17H18ClNO3.C9H15N3O.C2H6/c1-4-12(10-15(5-2)21-3)16-11-22-17(20)19(16)14-8-6-13(18)7-9-14;1-8-6-12(11-10-8)7-9-2-4-13-5-3-9;1-2/h4-10,16H,1,11H2,2-3H3;6,9H,2-5,7H2,1H3;1-2H3/b12-10+,15-5+;;. The molecule has 0 spiro atoms. The molecular weight excluding hydrogens is 492 g/mol. The summed E-state index contributed by atoms with van der Waals surface area (Å²) in [5.41, 5.74) is 2.56. The molecule has 2 aliphatic rings. The van der Waals surface area contributed by atoms with E-state index in [2.05, 4.69) is 16.9 Å². The number of methoxy groups -OCH3 is 1. The van der Waals surface area contributed by atoms with Crippen molar-refractivity contribution in [2.24, 2.45) is 5.92 Å². The summed E-state index contributed by atoms with van der Waals surface area (Å²) in [6.07, 6.45) is 9.31. The summed E-state index contributed by atoms with van der Waals surface area (Å²) in [4.78, 5) is 13.7. The Labute approximate surface area is 225 Å². The second kappa shape index (κ2) is 15.9. The number of nitrogens with zero attached hydrogens (tertiary/aromatic N) is 4. The number of benzene rings is 1. The number of carbonyl (C=O) groups is 1. The minimum absolute atomic E-state index is 0.253. The number of aromatic nitrogens is 3. The third-order valence-corrected chi connectivity index (χ3v) is 6.12. The highest BCUT2D eigenvalue weighted by Gasteiger charge is 2.35. The number of anilines is 1. The largest absolute Gasteiger partial charge is 0.497 e. The van der Waals surface area contributed by atoms with E-state index in [0.717, 1.165) is 55.5 Å². The van der Waals surface area contributed by atoms with Crippen molar-refractivity contribution >= 4 is 23.4 Å². The van der Waals surface area contributed by atoms with Crippen LogP contribution in [0, 0.1) is 12.8 Å². The van der Waals surface area contributed by atoms with Crippen molar-refractivity contribution in [1.29, 1.82) is 0 Å². The first-order chi connectivity index (χ1) is 17.9. The van der Waals surface area contributed by atoms with Crippen molar-refractivity contribution in [3.8, 4) is 0 Å². The third kappa shape index (κ3) is 9.05. The molecule has 4 rings (SSSR count). The maximum Gasteiger partial charge on any atom is 0.415 e. The van der Waals surface area contributed by atoms with Crippen LogP contribution in [0.1, 0.15) is 39.3 Å². The Bertz CT molecular complexity index is 1040. The molecule has 202 valence electrons. The Kier molecular flexibility index (Phi) is 12.9. The molecule has 8 nitrogen and oxygen atoms in total. The third-order valence-electron chi connectivity index (χ3n) is 5.87. The van der Waals surface area contributed by atoms with Crippen LogP contribution in [0.15, 0.2) is 66.6 Å². The van der Waals surface area contributed by atoms with Gasteiger partial charge in [-0.15, -0.1) is 5.10 Å². The van der Waals surface area contributed by atoms with Gasteiger partial charge in [-0.3, -0.25) is 9.58 Å². The summed E-state index contributed by atoms with van der Waals surface area (Å²) < 4.78 is 17.7. The van der Waals surface area contributed by atoms with Gasteiger partial charge in [0.25, 0.3) is 0 Å². The van der Waals surface area contributed by atoms with Crippen molar-refractivity contribution in [3.63, 3.8) is 0 Å². The van der Waals surface area contributed by atoms with Crippen molar-refractivity contribution in [2.45, 2.75) is 53.1 Å². The average molecular weight is 531 g/mol. The predicted octanol–water partition coefficient (Wildman–Crippen LogP) is 6.37. The maximum absolute atomic E-state index is 12.1. The van der Waals surface area contributed by atoms with Crippen molar-refractivity contribution < 1.29 is 19.0 Å². The summed E-state index contributed by atoms with van der Waals surface area (Å²) in [5, 5.41) is 8.61.